The summed E-state index contributed by atoms with van der Waals surface area (Å²) >= 11 is 0. The van der Waals surface area contributed by atoms with E-state index in [-0.39, 0.29) is 29.3 Å². The van der Waals surface area contributed by atoms with E-state index >= 15 is 0 Å². The molecule has 0 unspecified atom stereocenters. The van der Waals surface area contributed by atoms with Gasteiger partial charge in [-0.05, 0) is 55.4 Å². The van der Waals surface area contributed by atoms with Gasteiger partial charge in [0.05, 0.1) is 11.3 Å². The lowest BCUT2D eigenvalue weighted by atomic mass is 9.98. The van der Waals surface area contributed by atoms with E-state index in [4.69, 9.17) is 4.74 Å². The highest BCUT2D eigenvalue weighted by Crippen LogP contribution is 2.38. The molecule has 3 rings (SSSR count). The summed E-state index contributed by atoms with van der Waals surface area (Å²) < 4.78 is 7.19. The molecule has 0 radical (unpaired) electrons. The first-order valence-corrected chi connectivity index (χ1v) is 9.94. The van der Waals surface area contributed by atoms with Crippen molar-refractivity contribution in [3.8, 4) is 40.3 Å². The Labute approximate surface area is 176 Å². The number of aromatic hydroxyl groups is 3. The van der Waals surface area contributed by atoms with Crippen LogP contribution in [-0.2, 0) is 0 Å². The third-order valence-corrected chi connectivity index (χ3v) is 5.03. The van der Waals surface area contributed by atoms with Crippen LogP contribution in [0.1, 0.15) is 32.3 Å². The highest BCUT2D eigenvalue weighted by atomic mass is 16.5. The predicted molar refractivity (Wildman–Crippen MR) is 115 cm³/mol. The lowest BCUT2D eigenvalue weighted by Gasteiger charge is -2.15. The smallest absolute Gasteiger partial charge is 0.319 e. The molecule has 0 fully saturated rings. The van der Waals surface area contributed by atoms with Crippen LogP contribution in [0.15, 0.2) is 36.4 Å². The third kappa shape index (κ3) is 4.49. The van der Waals surface area contributed by atoms with Crippen molar-refractivity contribution in [2.45, 2.75) is 26.7 Å². The van der Waals surface area contributed by atoms with Gasteiger partial charge in [-0.1, -0.05) is 25.9 Å². The molecule has 0 spiro atoms. The number of ether oxygens (including phenoxy) is 1. The molecule has 0 aliphatic rings. The summed E-state index contributed by atoms with van der Waals surface area (Å²) in [6.07, 6.45) is 0. The van der Waals surface area contributed by atoms with E-state index in [1.807, 2.05) is 20.9 Å². The maximum Gasteiger partial charge on any atom is 0.319 e. The van der Waals surface area contributed by atoms with Gasteiger partial charge < -0.3 is 25.0 Å². The van der Waals surface area contributed by atoms with Crippen LogP contribution in [0.3, 0.4) is 0 Å². The van der Waals surface area contributed by atoms with Crippen LogP contribution in [0.4, 0.5) is 0 Å². The minimum Gasteiger partial charge on any atom is -0.508 e. The van der Waals surface area contributed by atoms with Gasteiger partial charge in [-0.3, -0.25) is 0 Å². The molecule has 1 aromatic heterocycles. The number of benzene rings is 2. The average molecular weight is 412 g/mol. The maximum atomic E-state index is 10.4. The molecule has 0 amide bonds. The molecule has 2 aromatic carbocycles. The van der Waals surface area contributed by atoms with E-state index in [0.717, 1.165) is 13.1 Å². The van der Waals surface area contributed by atoms with Crippen molar-refractivity contribution in [1.29, 1.82) is 0 Å². The van der Waals surface area contributed by atoms with E-state index < -0.39 is 0 Å². The van der Waals surface area contributed by atoms with Gasteiger partial charge in [-0.2, -0.15) is 0 Å². The van der Waals surface area contributed by atoms with E-state index in [9.17, 15) is 15.3 Å². The minimum absolute atomic E-state index is 0.0109. The number of phenolic OH excluding ortho intramolecular Hbond substituents is 2. The molecule has 0 saturated carbocycles. The van der Waals surface area contributed by atoms with Gasteiger partial charge in [0.25, 0.3) is 0 Å². The Morgan fingerprint density at radius 1 is 1.03 bits per heavy atom. The van der Waals surface area contributed by atoms with Gasteiger partial charge in [0.15, 0.2) is 5.82 Å². The van der Waals surface area contributed by atoms with Crippen LogP contribution in [-0.4, -0.2) is 61.7 Å². The summed E-state index contributed by atoms with van der Waals surface area (Å²) in [4.78, 5) is 2.16. The first-order valence-electron chi connectivity index (χ1n) is 9.94. The van der Waals surface area contributed by atoms with Crippen molar-refractivity contribution in [1.82, 2.24) is 19.7 Å². The Morgan fingerprint density at radius 3 is 2.37 bits per heavy atom. The van der Waals surface area contributed by atoms with Crippen LogP contribution in [0.2, 0.25) is 0 Å². The highest BCUT2D eigenvalue weighted by molar-refractivity contribution is 5.69. The van der Waals surface area contributed by atoms with Gasteiger partial charge in [-0.15, -0.1) is 5.10 Å². The number of likely N-dealkylation sites (N-methyl/N-ethyl adjacent to an activating group) is 1. The highest BCUT2D eigenvalue weighted by Gasteiger charge is 2.20. The summed E-state index contributed by atoms with van der Waals surface area (Å²) in [6.45, 7) is 8.33. The van der Waals surface area contributed by atoms with Gasteiger partial charge in [0.1, 0.15) is 23.9 Å². The summed E-state index contributed by atoms with van der Waals surface area (Å²) in [5.41, 5.74) is 1.65. The standard InChI is InChI=1S/C22H28N4O4/c1-5-25(4)10-11-30-16-8-6-15(7-9-16)26-21(23-24-22(26)29)18-12-17(14(2)3)19(27)13-20(18)28/h6-9,12-14,27-28H,5,10-11H2,1-4H3,(H,24,29). The number of phenols is 2. The van der Waals surface area contributed by atoms with E-state index in [0.29, 0.717) is 29.2 Å². The van der Waals surface area contributed by atoms with Crippen molar-refractivity contribution in [2.24, 2.45) is 0 Å². The van der Waals surface area contributed by atoms with Crippen molar-refractivity contribution in [3.63, 3.8) is 0 Å². The molecule has 3 aromatic rings. The summed E-state index contributed by atoms with van der Waals surface area (Å²) in [5, 5.41) is 38.6. The fourth-order valence-electron chi connectivity index (χ4n) is 3.09. The fraction of sp³-hybridized carbons (Fsp3) is 0.364. The van der Waals surface area contributed by atoms with Crippen molar-refractivity contribution < 1.29 is 20.1 Å². The van der Waals surface area contributed by atoms with Crippen molar-refractivity contribution in [3.05, 3.63) is 42.0 Å². The lowest BCUT2D eigenvalue weighted by molar-refractivity contribution is 0.244. The average Bonchev–Trinajstić information content (AvgIpc) is 3.09. The Balaban J connectivity index is 1.91. The van der Waals surface area contributed by atoms with Crippen LogP contribution in [0.5, 0.6) is 23.3 Å². The predicted octanol–water partition coefficient (Wildman–Crippen LogP) is 3.51. The van der Waals surface area contributed by atoms with E-state index in [1.54, 1.807) is 30.3 Å². The largest absolute Gasteiger partial charge is 0.508 e. The van der Waals surface area contributed by atoms with Gasteiger partial charge >= 0.3 is 6.01 Å². The number of aromatic nitrogens is 3. The zero-order chi connectivity index (χ0) is 21.8. The Morgan fingerprint density at radius 2 is 1.73 bits per heavy atom. The Kier molecular flexibility index (Phi) is 6.47. The van der Waals surface area contributed by atoms with E-state index in [1.165, 1.54) is 10.6 Å². The molecule has 3 N–H and O–H groups in total. The van der Waals surface area contributed by atoms with Crippen LogP contribution >= 0.6 is 0 Å². The molecule has 0 aliphatic carbocycles. The second-order valence-electron chi connectivity index (χ2n) is 7.48. The molecule has 0 saturated heterocycles. The van der Waals surface area contributed by atoms with Crippen LogP contribution < -0.4 is 4.74 Å². The first kappa shape index (κ1) is 21.4. The van der Waals surface area contributed by atoms with Gasteiger partial charge in [0, 0.05) is 12.6 Å². The molecule has 0 aliphatic heterocycles. The quantitative estimate of drug-likeness (QED) is 0.520. The number of hydrogen-bond acceptors (Lipinski definition) is 7. The molecule has 0 bridgehead atoms. The van der Waals surface area contributed by atoms with Gasteiger partial charge in [0.2, 0.25) is 0 Å². The van der Waals surface area contributed by atoms with Gasteiger partial charge in [-0.25, -0.2) is 4.57 Å². The SMILES string of the molecule is CCN(C)CCOc1ccc(-n2c(O)nnc2-c2cc(C(C)C)c(O)cc2O)cc1. The summed E-state index contributed by atoms with van der Waals surface area (Å²) in [6, 6.07) is 9.82. The number of nitrogens with zero attached hydrogens (tertiary/aromatic N) is 4. The first-order chi connectivity index (χ1) is 14.3. The minimum atomic E-state index is -0.304. The van der Waals surface area contributed by atoms with Crippen LogP contribution in [0, 0.1) is 0 Å². The molecule has 1 heterocycles. The molecular formula is C22H28N4O4. The maximum absolute atomic E-state index is 10.4. The molecule has 8 nitrogen and oxygen atoms in total. The molecule has 160 valence electrons. The Bertz CT molecular complexity index is 999. The number of hydrogen-bond donors (Lipinski definition) is 3. The molecule has 0 atom stereocenters. The summed E-state index contributed by atoms with van der Waals surface area (Å²) in [7, 11) is 2.03. The van der Waals surface area contributed by atoms with E-state index in [2.05, 4.69) is 22.0 Å². The normalized spacial score (nSPS) is 11.4. The molecule has 8 heteroatoms. The zero-order valence-electron chi connectivity index (χ0n) is 17.7. The second-order valence-corrected chi connectivity index (χ2v) is 7.48. The third-order valence-electron chi connectivity index (χ3n) is 5.03. The molecule has 30 heavy (non-hydrogen) atoms. The number of rotatable bonds is 8. The van der Waals surface area contributed by atoms with Crippen LogP contribution in [0.25, 0.3) is 17.1 Å². The fourth-order valence-corrected chi connectivity index (χ4v) is 3.09. The van der Waals surface area contributed by atoms with Crippen molar-refractivity contribution >= 4 is 0 Å². The Hall–Kier alpha value is -3.26. The second kappa shape index (κ2) is 9.04. The topological polar surface area (TPSA) is 104 Å². The zero-order valence-corrected chi connectivity index (χ0v) is 17.7. The summed E-state index contributed by atoms with van der Waals surface area (Å²) in [5.74, 6) is 0.886. The molecular weight excluding hydrogens is 384 g/mol. The van der Waals surface area contributed by atoms with Crippen molar-refractivity contribution in [2.75, 3.05) is 26.7 Å². The lowest BCUT2D eigenvalue weighted by Crippen LogP contribution is -2.23. The monoisotopic (exact) mass is 412 g/mol.